The molecule has 0 spiro atoms. The number of aromatic nitrogens is 2. The number of anilines is 2. The number of fused-ring (bicyclic) bond motifs is 1. The second-order valence-electron chi connectivity index (χ2n) is 5.78. The van der Waals surface area contributed by atoms with Crippen molar-refractivity contribution in [3.8, 4) is 0 Å². The second-order valence-corrected chi connectivity index (χ2v) is 5.78. The number of rotatable bonds is 3. The van der Waals surface area contributed by atoms with Crippen LogP contribution >= 0.6 is 0 Å². The van der Waals surface area contributed by atoms with Gasteiger partial charge in [0.25, 0.3) is 0 Å². The minimum Gasteiger partial charge on any atom is -0.305 e. The van der Waals surface area contributed by atoms with E-state index in [2.05, 4.69) is 15.6 Å². The molecule has 0 aliphatic rings. The second kappa shape index (κ2) is 6.72. The van der Waals surface area contributed by atoms with Crippen molar-refractivity contribution < 1.29 is 9.18 Å². The maximum atomic E-state index is 13.7. The molecule has 0 aliphatic carbocycles. The predicted octanol–water partition coefficient (Wildman–Crippen LogP) is 3.76. The van der Waals surface area contributed by atoms with Crippen molar-refractivity contribution in [3.05, 3.63) is 64.8 Å². The molecule has 3 aromatic rings. The molecule has 0 saturated heterocycles. The van der Waals surface area contributed by atoms with Gasteiger partial charge in [-0.05, 0) is 38.1 Å². The fraction of sp³-hybridized carbons (Fsp3) is 0.167. The Kier molecular flexibility index (Phi) is 4.47. The highest BCUT2D eigenvalue weighted by Gasteiger charge is 2.16. The normalized spacial score (nSPS) is 10.9. The molecule has 2 aromatic carbocycles. The first-order valence-corrected chi connectivity index (χ1v) is 7.81. The van der Waals surface area contributed by atoms with E-state index < -0.39 is 17.5 Å². The molecule has 0 aliphatic heterocycles. The van der Waals surface area contributed by atoms with Gasteiger partial charge in [0.05, 0.1) is 11.2 Å². The molecular formula is C18H17FN4O2. The first-order valence-electron chi connectivity index (χ1n) is 7.81. The first-order chi connectivity index (χ1) is 12.0. The number of nitrogens with one attached hydrogen (secondary N) is 2. The summed E-state index contributed by atoms with van der Waals surface area (Å²) in [6.45, 7) is 3.63. The number of benzene rings is 2. The molecule has 0 bridgehead atoms. The maximum absolute atomic E-state index is 13.7. The number of halogens is 1. The van der Waals surface area contributed by atoms with Crippen LogP contribution in [0.25, 0.3) is 10.9 Å². The molecule has 1 heterocycles. The van der Waals surface area contributed by atoms with Gasteiger partial charge in [0.1, 0.15) is 11.6 Å². The van der Waals surface area contributed by atoms with Crippen molar-refractivity contribution >= 4 is 28.4 Å². The monoisotopic (exact) mass is 340 g/mol. The summed E-state index contributed by atoms with van der Waals surface area (Å²) in [7, 11) is 0. The Labute approximate surface area is 143 Å². The summed E-state index contributed by atoms with van der Waals surface area (Å²) in [5, 5.41) is 5.73. The summed E-state index contributed by atoms with van der Waals surface area (Å²) < 4.78 is 15.1. The van der Waals surface area contributed by atoms with Crippen LogP contribution in [0.15, 0.2) is 53.3 Å². The van der Waals surface area contributed by atoms with Crippen LogP contribution in [0, 0.1) is 5.82 Å². The summed E-state index contributed by atoms with van der Waals surface area (Å²) in [5.74, 6) is -0.224. The maximum Gasteiger partial charge on any atom is 0.349 e. The van der Waals surface area contributed by atoms with E-state index in [9.17, 15) is 14.0 Å². The highest BCUT2D eigenvalue weighted by atomic mass is 19.1. The molecule has 2 N–H and O–H groups in total. The molecular weight excluding hydrogens is 323 g/mol. The summed E-state index contributed by atoms with van der Waals surface area (Å²) >= 11 is 0. The van der Waals surface area contributed by atoms with Crippen LogP contribution in [-0.2, 0) is 0 Å². The molecule has 0 fully saturated rings. The SMILES string of the molecule is CC(C)n1c(NC(=O)Nc2ccccc2F)c2ccccc2nc1=O. The predicted molar refractivity (Wildman–Crippen MR) is 95.4 cm³/mol. The van der Waals surface area contributed by atoms with Crippen LogP contribution in [0.4, 0.5) is 20.7 Å². The lowest BCUT2D eigenvalue weighted by molar-refractivity contribution is 0.262. The number of hydrogen-bond donors (Lipinski definition) is 2. The fourth-order valence-corrected chi connectivity index (χ4v) is 2.58. The lowest BCUT2D eigenvalue weighted by Gasteiger charge is -2.18. The van der Waals surface area contributed by atoms with Crippen LogP contribution in [0.3, 0.4) is 0 Å². The highest BCUT2D eigenvalue weighted by molar-refractivity contribution is 6.04. The Morgan fingerprint density at radius 1 is 1.08 bits per heavy atom. The molecule has 128 valence electrons. The van der Waals surface area contributed by atoms with Crippen molar-refractivity contribution in [3.63, 3.8) is 0 Å². The van der Waals surface area contributed by atoms with Gasteiger partial charge in [-0.25, -0.2) is 14.0 Å². The van der Waals surface area contributed by atoms with Crippen molar-refractivity contribution in [1.82, 2.24) is 9.55 Å². The van der Waals surface area contributed by atoms with Gasteiger partial charge < -0.3 is 5.32 Å². The van der Waals surface area contributed by atoms with Gasteiger partial charge in [0.2, 0.25) is 0 Å². The Morgan fingerprint density at radius 3 is 2.48 bits per heavy atom. The topological polar surface area (TPSA) is 76.0 Å². The fourth-order valence-electron chi connectivity index (χ4n) is 2.58. The highest BCUT2D eigenvalue weighted by Crippen LogP contribution is 2.23. The van der Waals surface area contributed by atoms with Gasteiger partial charge >= 0.3 is 11.7 Å². The van der Waals surface area contributed by atoms with E-state index in [1.807, 2.05) is 13.8 Å². The number of hydrogen-bond acceptors (Lipinski definition) is 3. The first kappa shape index (κ1) is 16.6. The van der Waals surface area contributed by atoms with Crippen molar-refractivity contribution in [2.75, 3.05) is 10.6 Å². The van der Waals surface area contributed by atoms with Crippen molar-refractivity contribution in [1.29, 1.82) is 0 Å². The molecule has 7 heteroatoms. The lowest BCUT2D eigenvalue weighted by Crippen LogP contribution is -2.30. The molecule has 6 nitrogen and oxygen atoms in total. The number of amides is 2. The zero-order valence-corrected chi connectivity index (χ0v) is 13.8. The third-order valence-electron chi connectivity index (χ3n) is 3.69. The number of nitrogens with zero attached hydrogens (tertiary/aromatic N) is 2. The summed E-state index contributed by atoms with van der Waals surface area (Å²) in [6, 6.07) is 12.0. The van der Waals surface area contributed by atoms with Gasteiger partial charge in [0, 0.05) is 11.4 Å². The number of para-hydroxylation sites is 2. The number of urea groups is 1. The van der Waals surface area contributed by atoms with E-state index in [1.54, 1.807) is 30.3 Å². The summed E-state index contributed by atoms with van der Waals surface area (Å²) in [4.78, 5) is 28.7. The molecule has 1 aromatic heterocycles. The summed E-state index contributed by atoms with van der Waals surface area (Å²) in [5.41, 5.74) is 0.0669. The lowest BCUT2D eigenvalue weighted by atomic mass is 10.2. The number of carbonyl (C=O) groups excluding carboxylic acids is 1. The Balaban J connectivity index is 2.02. The summed E-state index contributed by atoms with van der Waals surface area (Å²) in [6.07, 6.45) is 0. The standard InChI is InChI=1S/C18H17FN4O2/c1-11(2)23-16(12-7-3-5-9-14(12)21-18(23)25)22-17(24)20-15-10-6-4-8-13(15)19/h3-11H,1-2H3,(H2,20,22,24). The molecule has 0 unspecified atom stereocenters. The van der Waals surface area contributed by atoms with Crippen LogP contribution in [0.5, 0.6) is 0 Å². The zero-order valence-electron chi connectivity index (χ0n) is 13.8. The third kappa shape index (κ3) is 3.35. The van der Waals surface area contributed by atoms with E-state index >= 15 is 0 Å². The van der Waals surface area contributed by atoms with Crippen LogP contribution in [-0.4, -0.2) is 15.6 Å². The van der Waals surface area contributed by atoms with E-state index in [4.69, 9.17) is 0 Å². The van der Waals surface area contributed by atoms with E-state index in [0.717, 1.165) is 0 Å². The van der Waals surface area contributed by atoms with Gasteiger partial charge in [-0.3, -0.25) is 9.88 Å². The third-order valence-corrected chi connectivity index (χ3v) is 3.69. The Morgan fingerprint density at radius 2 is 1.76 bits per heavy atom. The van der Waals surface area contributed by atoms with Gasteiger partial charge in [-0.2, -0.15) is 4.98 Å². The quantitative estimate of drug-likeness (QED) is 0.762. The van der Waals surface area contributed by atoms with Crippen LogP contribution < -0.4 is 16.3 Å². The van der Waals surface area contributed by atoms with Gasteiger partial charge in [-0.1, -0.05) is 24.3 Å². The Hall–Kier alpha value is -3.22. The average Bonchev–Trinajstić information content (AvgIpc) is 2.56. The van der Waals surface area contributed by atoms with Gasteiger partial charge in [0.15, 0.2) is 0 Å². The molecule has 25 heavy (non-hydrogen) atoms. The van der Waals surface area contributed by atoms with E-state index in [0.29, 0.717) is 16.7 Å². The molecule has 0 atom stereocenters. The average molecular weight is 340 g/mol. The van der Waals surface area contributed by atoms with Crippen molar-refractivity contribution in [2.24, 2.45) is 0 Å². The Bertz CT molecular complexity index is 998. The minimum atomic E-state index is -0.643. The van der Waals surface area contributed by atoms with E-state index in [1.165, 1.54) is 22.8 Å². The molecule has 2 amide bonds. The molecule has 3 rings (SSSR count). The van der Waals surface area contributed by atoms with Crippen molar-refractivity contribution in [2.45, 2.75) is 19.9 Å². The van der Waals surface area contributed by atoms with Crippen LogP contribution in [0.1, 0.15) is 19.9 Å². The smallest absolute Gasteiger partial charge is 0.305 e. The number of carbonyl (C=O) groups is 1. The van der Waals surface area contributed by atoms with Crippen LogP contribution in [0.2, 0.25) is 0 Å². The minimum absolute atomic E-state index is 0.0526. The largest absolute Gasteiger partial charge is 0.349 e. The molecule has 0 saturated carbocycles. The van der Waals surface area contributed by atoms with E-state index in [-0.39, 0.29) is 11.7 Å². The van der Waals surface area contributed by atoms with Gasteiger partial charge in [-0.15, -0.1) is 0 Å². The zero-order chi connectivity index (χ0) is 18.0. The molecule has 0 radical (unpaired) electrons.